The van der Waals surface area contributed by atoms with Gasteiger partial charge in [-0.1, -0.05) is 0 Å². The maximum atomic E-state index is 12.0. The van der Waals surface area contributed by atoms with Crippen molar-refractivity contribution in [3.63, 3.8) is 0 Å². The number of nitrogens with one attached hydrogen (secondary N) is 2. The molecular weight excluding hydrogens is 239 g/mol. The Balaban J connectivity index is 2.52. The number of aromatic hydroxyl groups is 1. The Morgan fingerprint density at radius 3 is 2.65 bits per heavy atom. The lowest BCUT2D eigenvalue weighted by Crippen LogP contribution is -2.16. The van der Waals surface area contributed by atoms with Gasteiger partial charge in [0.05, 0.1) is 5.52 Å². The van der Waals surface area contributed by atoms with Crippen LogP contribution >= 0.6 is 0 Å². The standard InChI is InChI=1S/C9H6F3N3O2/c10-9(11,12)17-4-1-2-6-5(3-4)7(15-13)8(16)14-6/h1-3,13-14,16H. The van der Waals surface area contributed by atoms with Crippen LogP contribution in [0.3, 0.4) is 0 Å². The molecular formula is C9H6F3N3O2. The summed E-state index contributed by atoms with van der Waals surface area (Å²) in [6.07, 6.45) is -4.79. The molecule has 8 heteroatoms. The molecule has 0 radical (unpaired) electrons. The van der Waals surface area contributed by atoms with Crippen molar-refractivity contribution in [2.24, 2.45) is 5.11 Å². The van der Waals surface area contributed by atoms with E-state index in [1.165, 1.54) is 6.07 Å². The lowest BCUT2D eigenvalue weighted by atomic mass is 10.2. The van der Waals surface area contributed by atoms with Gasteiger partial charge < -0.3 is 14.8 Å². The third kappa shape index (κ3) is 2.14. The van der Waals surface area contributed by atoms with E-state index in [1.54, 1.807) is 0 Å². The second-order valence-corrected chi connectivity index (χ2v) is 3.19. The van der Waals surface area contributed by atoms with E-state index < -0.39 is 12.1 Å². The monoisotopic (exact) mass is 245 g/mol. The van der Waals surface area contributed by atoms with E-state index in [0.29, 0.717) is 5.52 Å². The molecule has 2 aromatic rings. The average Bonchev–Trinajstić information content (AvgIpc) is 2.50. The van der Waals surface area contributed by atoms with Gasteiger partial charge in [-0.15, -0.1) is 13.2 Å². The highest BCUT2D eigenvalue weighted by Crippen LogP contribution is 2.37. The number of fused-ring (bicyclic) bond motifs is 1. The van der Waals surface area contributed by atoms with Crippen LogP contribution in [0.1, 0.15) is 0 Å². The number of alkyl halides is 3. The molecule has 0 unspecified atom stereocenters. The molecule has 1 heterocycles. The highest BCUT2D eigenvalue weighted by atomic mass is 19.4. The highest BCUT2D eigenvalue weighted by Gasteiger charge is 2.31. The molecule has 2 rings (SSSR count). The number of nitrogens with zero attached hydrogens (tertiary/aromatic N) is 1. The zero-order chi connectivity index (χ0) is 12.6. The van der Waals surface area contributed by atoms with E-state index in [4.69, 9.17) is 5.53 Å². The van der Waals surface area contributed by atoms with Gasteiger partial charge >= 0.3 is 6.36 Å². The molecule has 5 nitrogen and oxygen atoms in total. The van der Waals surface area contributed by atoms with Gasteiger partial charge in [-0.25, -0.2) is 5.53 Å². The Bertz CT molecular complexity index is 577. The molecule has 1 aromatic heterocycles. The Morgan fingerprint density at radius 2 is 2.06 bits per heavy atom. The minimum Gasteiger partial charge on any atom is -0.493 e. The number of H-pyrrole nitrogens is 1. The van der Waals surface area contributed by atoms with Crippen LogP contribution < -0.4 is 4.74 Å². The summed E-state index contributed by atoms with van der Waals surface area (Å²) in [4.78, 5) is 2.47. The number of hydrogen-bond acceptors (Lipinski definition) is 4. The molecule has 0 amide bonds. The first-order valence-electron chi connectivity index (χ1n) is 4.38. The van der Waals surface area contributed by atoms with Gasteiger partial charge in [0.15, 0.2) is 5.69 Å². The molecule has 0 aliphatic heterocycles. The number of aromatic amines is 1. The number of benzene rings is 1. The maximum Gasteiger partial charge on any atom is 0.573 e. The molecule has 90 valence electrons. The van der Waals surface area contributed by atoms with Crippen molar-refractivity contribution >= 4 is 16.6 Å². The predicted octanol–water partition coefficient (Wildman–Crippen LogP) is 3.43. The van der Waals surface area contributed by atoms with Crippen molar-refractivity contribution in [1.29, 1.82) is 5.53 Å². The van der Waals surface area contributed by atoms with Crippen molar-refractivity contribution in [3.8, 4) is 11.6 Å². The first kappa shape index (κ1) is 11.2. The van der Waals surface area contributed by atoms with Gasteiger partial charge in [0.1, 0.15) is 5.75 Å². The van der Waals surface area contributed by atoms with E-state index in [1.807, 2.05) is 0 Å². The summed E-state index contributed by atoms with van der Waals surface area (Å²) in [6, 6.07) is 3.44. The molecule has 0 saturated heterocycles. The Morgan fingerprint density at radius 1 is 1.35 bits per heavy atom. The molecule has 0 spiro atoms. The Kier molecular flexibility index (Phi) is 2.41. The van der Waals surface area contributed by atoms with E-state index in [-0.39, 0.29) is 17.0 Å². The molecule has 0 fully saturated rings. The second-order valence-electron chi connectivity index (χ2n) is 3.19. The fourth-order valence-corrected chi connectivity index (χ4v) is 1.45. The minimum absolute atomic E-state index is 0.132. The number of rotatable bonds is 2. The van der Waals surface area contributed by atoms with Crippen molar-refractivity contribution < 1.29 is 23.0 Å². The highest BCUT2D eigenvalue weighted by molar-refractivity contribution is 5.94. The molecule has 0 aliphatic rings. The van der Waals surface area contributed by atoms with Crippen molar-refractivity contribution in [2.45, 2.75) is 6.36 Å². The van der Waals surface area contributed by atoms with Crippen LogP contribution in [0.25, 0.3) is 10.9 Å². The number of hydrogen-bond donors (Lipinski definition) is 3. The van der Waals surface area contributed by atoms with Gasteiger partial charge in [-0.2, -0.15) is 5.11 Å². The summed E-state index contributed by atoms with van der Waals surface area (Å²) < 4.78 is 39.7. The summed E-state index contributed by atoms with van der Waals surface area (Å²) in [7, 11) is 0. The topological polar surface area (TPSA) is 81.5 Å². The van der Waals surface area contributed by atoms with Gasteiger partial charge in [-0.3, -0.25) is 0 Å². The lowest BCUT2D eigenvalue weighted by molar-refractivity contribution is -0.274. The van der Waals surface area contributed by atoms with Gasteiger partial charge in [0, 0.05) is 5.39 Å². The van der Waals surface area contributed by atoms with Gasteiger partial charge in [0.2, 0.25) is 5.88 Å². The molecule has 0 atom stereocenters. The third-order valence-corrected chi connectivity index (χ3v) is 2.07. The van der Waals surface area contributed by atoms with Crippen LogP contribution in [-0.4, -0.2) is 16.5 Å². The van der Waals surface area contributed by atoms with Crippen LogP contribution in [0, 0.1) is 5.53 Å². The fourth-order valence-electron chi connectivity index (χ4n) is 1.45. The first-order valence-corrected chi connectivity index (χ1v) is 4.38. The zero-order valence-electron chi connectivity index (χ0n) is 8.17. The average molecular weight is 245 g/mol. The summed E-state index contributed by atoms with van der Waals surface area (Å²) in [6.45, 7) is 0. The molecule has 1 aromatic carbocycles. The van der Waals surface area contributed by atoms with E-state index >= 15 is 0 Å². The number of halogens is 3. The lowest BCUT2D eigenvalue weighted by Gasteiger charge is -2.08. The van der Waals surface area contributed by atoms with E-state index in [0.717, 1.165) is 12.1 Å². The van der Waals surface area contributed by atoms with Crippen LogP contribution in [0.15, 0.2) is 23.3 Å². The fraction of sp³-hybridized carbons (Fsp3) is 0.111. The quantitative estimate of drug-likeness (QED) is 0.708. The molecule has 0 bridgehead atoms. The van der Waals surface area contributed by atoms with Crippen LogP contribution in [0.2, 0.25) is 0 Å². The SMILES string of the molecule is N=Nc1c(O)[nH]c2ccc(OC(F)(F)F)cc12. The summed E-state index contributed by atoms with van der Waals surface area (Å²) in [5.74, 6) is -0.812. The maximum absolute atomic E-state index is 12.0. The smallest absolute Gasteiger partial charge is 0.493 e. The normalized spacial score (nSPS) is 11.7. The second kappa shape index (κ2) is 3.65. The van der Waals surface area contributed by atoms with Crippen molar-refractivity contribution in [3.05, 3.63) is 18.2 Å². The largest absolute Gasteiger partial charge is 0.573 e. The molecule has 0 aliphatic carbocycles. The summed E-state index contributed by atoms with van der Waals surface area (Å²) in [5.41, 5.74) is 7.05. The summed E-state index contributed by atoms with van der Waals surface area (Å²) in [5, 5.41) is 12.5. The summed E-state index contributed by atoms with van der Waals surface area (Å²) >= 11 is 0. The van der Waals surface area contributed by atoms with E-state index in [9.17, 15) is 18.3 Å². The molecule has 17 heavy (non-hydrogen) atoms. The first-order chi connectivity index (χ1) is 7.90. The predicted molar refractivity (Wildman–Crippen MR) is 51.5 cm³/mol. The van der Waals surface area contributed by atoms with E-state index in [2.05, 4.69) is 14.8 Å². The minimum atomic E-state index is -4.79. The number of aromatic nitrogens is 1. The molecule has 0 saturated carbocycles. The number of ether oxygens (including phenoxy) is 1. The Labute approximate surface area is 92.3 Å². The molecule has 3 N–H and O–H groups in total. The van der Waals surface area contributed by atoms with Crippen molar-refractivity contribution in [1.82, 2.24) is 4.98 Å². The third-order valence-electron chi connectivity index (χ3n) is 2.07. The van der Waals surface area contributed by atoms with Crippen LogP contribution in [-0.2, 0) is 0 Å². The Hall–Kier alpha value is -2.25. The van der Waals surface area contributed by atoms with Crippen molar-refractivity contribution in [2.75, 3.05) is 0 Å². The zero-order valence-corrected chi connectivity index (χ0v) is 8.17. The van der Waals surface area contributed by atoms with Crippen LogP contribution in [0.5, 0.6) is 11.6 Å². The van der Waals surface area contributed by atoms with Gasteiger partial charge in [0.25, 0.3) is 0 Å². The van der Waals surface area contributed by atoms with Gasteiger partial charge in [-0.05, 0) is 18.2 Å². The van der Waals surface area contributed by atoms with Crippen LogP contribution in [0.4, 0.5) is 18.9 Å².